The van der Waals surface area contributed by atoms with Crippen molar-refractivity contribution in [2.45, 2.75) is 56.7 Å². The van der Waals surface area contributed by atoms with Crippen molar-refractivity contribution >= 4 is 17.9 Å². The van der Waals surface area contributed by atoms with Gasteiger partial charge in [0.25, 0.3) is 0 Å². The smallest absolute Gasteiger partial charge is 0.407 e. The molecule has 2 atom stereocenters. The van der Waals surface area contributed by atoms with Gasteiger partial charge >= 0.3 is 6.09 Å². The van der Waals surface area contributed by atoms with Crippen molar-refractivity contribution in [2.75, 3.05) is 5.75 Å². The first-order valence-corrected chi connectivity index (χ1v) is 8.83. The fourth-order valence-electron chi connectivity index (χ4n) is 2.57. The van der Waals surface area contributed by atoms with Crippen molar-refractivity contribution in [3.63, 3.8) is 0 Å². The third-order valence-corrected chi connectivity index (χ3v) is 4.77. The molecule has 0 spiro atoms. The molecule has 1 aromatic heterocycles. The van der Waals surface area contributed by atoms with Gasteiger partial charge in [-0.1, -0.05) is 0 Å². The number of alkyl carbamates (subject to hydrolysis) is 1. The molecule has 1 aliphatic rings. The molecule has 0 radical (unpaired) electrons. The molecule has 1 amide bonds. The van der Waals surface area contributed by atoms with Crippen LogP contribution < -0.4 is 5.32 Å². The van der Waals surface area contributed by atoms with Crippen molar-refractivity contribution in [1.82, 2.24) is 10.3 Å². The minimum Gasteiger partial charge on any atom is -0.444 e. The highest BCUT2D eigenvalue weighted by Crippen LogP contribution is 2.31. The quantitative estimate of drug-likeness (QED) is 0.850. The largest absolute Gasteiger partial charge is 0.444 e. The van der Waals surface area contributed by atoms with E-state index in [-0.39, 0.29) is 12.1 Å². The zero-order valence-electron chi connectivity index (χ0n) is 13.8. The molecule has 2 rings (SSSR count). The number of nitrogens with one attached hydrogen (secondary N) is 1. The molecule has 1 aromatic rings. The van der Waals surface area contributed by atoms with Gasteiger partial charge in [0, 0.05) is 18.0 Å². The Kier molecular flexibility index (Phi) is 5.89. The highest BCUT2D eigenvalue weighted by molar-refractivity contribution is 7.99. The minimum absolute atomic E-state index is 0.198. The highest BCUT2D eigenvalue weighted by atomic mass is 32.2. The molecule has 0 aromatic carbocycles. The fraction of sp³-hybridized carbons (Fsp3) is 0.588. The summed E-state index contributed by atoms with van der Waals surface area (Å²) in [6, 6.07) is 5.94. The van der Waals surface area contributed by atoms with Crippen LogP contribution in [0, 0.1) is 17.2 Å². The average molecular weight is 333 g/mol. The van der Waals surface area contributed by atoms with Gasteiger partial charge < -0.3 is 10.1 Å². The predicted octanol–water partition coefficient (Wildman–Crippen LogP) is 3.74. The number of hydrogen-bond donors (Lipinski definition) is 1. The van der Waals surface area contributed by atoms with E-state index in [1.807, 2.05) is 26.8 Å². The summed E-state index contributed by atoms with van der Waals surface area (Å²) >= 11 is 1.70. The van der Waals surface area contributed by atoms with Gasteiger partial charge in [0.1, 0.15) is 11.7 Å². The first kappa shape index (κ1) is 17.6. The van der Waals surface area contributed by atoms with Crippen LogP contribution in [0.4, 0.5) is 4.79 Å². The van der Waals surface area contributed by atoms with Crippen molar-refractivity contribution < 1.29 is 9.53 Å². The van der Waals surface area contributed by atoms with Gasteiger partial charge in [-0.15, -0.1) is 11.8 Å². The zero-order chi connectivity index (χ0) is 16.9. The Balaban J connectivity index is 1.73. The van der Waals surface area contributed by atoms with Crippen LogP contribution in [0.2, 0.25) is 0 Å². The lowest BCUT2D eigenvalue weighted by molar-refractivity contribution is 0.0505. The number of aromatic nitrogens is 1. The predicted molar refractivity (Wildman–Crippen MR) is 90.2 cm³/mol. The van der Waals surface area contributed by atoms with E-state index in [1.54, 1.807) is 24.0 Å². The van der Waals surface area contributed by atoms with E-state index < -0.39 is 5.60 Å². The van der Waals surface area contributed by atoms with E-state index >= 15 is 0 Å². The van der Waals surface area contributed by atoms with E-state index in [0.29, 0.717) is 11.5 Å². The summed E-state index contributed by atoms with van der Waals surface area (Å²) in [5, 5.41) is 12.7. The molecular formula is C17H23N3O2S. The first-order valence-electron chi connectivity index (χ1n) is 7.84. The van der Waals surface area contributed by atoms with Crippen LogP contribution in [0.15, 0.2) is 23.4 Å². The number of nitriles is 1. The number of carbonyl (C=O) groups is 1. The van der Waals surface area contributed by atoms with E-state index in [4.69, 9.17) is 10.00 Å². The topological polar surface area (TPSA) is 75.0 Å². The number of ether oxygens (including phenoxy) is 1. The summed E-state index contributed by atoms with van der Waals surface area (Å²) in [4.78, 5) is 16.1. The zero-order valence-corrected chi connectivity index (χ0v) is 14.7. The van der Waals surface area contributed by atoms with Gasteiger partial charge in [0.15, 0.2) is 0 Å². The fourth-order valence-corrected chi connectivity index (χ4v) is 3.57. The molecule has 23 heavy (non-hydrogen) atoms. The second kappa shape index (κ2) is 7.69. The van der Waals surface area contributed by atoms with Crippen molar-refractivity contribution in [3.8, 4) is 6.07 Å². The molecule has 1 fully saturated rings. The van der Waals surface area contributed by atoms with E-state index in [9.17, 15) is 4.79 Å². The van der Waals surface area contributed by atoms with Gasteiger partial charge in [-0.25, -0.2) is 9.78 Å². The lowest BCUT2D eigenvalue weighted by Gasteiger charge is -2.21. The Hall–Kier alpha value is -1.74. The van der Waals surface area contributed by atoms with Crippen molar-refractivity contribution in [1.29, 1.82) is 5.26 Å². The normalized spacial score (nSPS) is 20.8. The molecule has 6 heteroatoms. The number of pyridine rings is 1. The molecule has 1 heterocycles. The maximum Gasteiger partial charge on any atom is 0.407 e. The first-order chi connectivity index (χ1) is 10.9. The van der Waals surface area contributed by atoms with E-state index in [2.05, 4.69) is 16.4 Å². The molecule has 0 saturated heterocycles. The number of amides is 1. The molecule has 124 valence electrons. The third-order valence-electron chi connectivity index (χ3n) is 3.59. The Morgan fingerprint density at radius 3 is 2.87 bits per heavy atom. The molecule has 0 unspecified atom stereocenters. The summed E-state index contributed by atoms with van der Waals surface area (Å²) in [7, 11) is 0. The average Bonchev–Trinajstić information content (AvgIpc) is 2.91. The van der Waals surface area contributed by atoms with E-state index in [1.165, 1.54) is 0 Å². The molecule has 0 bridgehead atoms. The Morgan fingerprint density at radius 1 is 1.48 bits per heavy atom. The summed E-state index contributed by atoms with van der Waals surface area (Å²) in [5.41, 5.74) is 0.121. The van der Waals surface area contributed by atoms with Crippen LogP contribution in [0.5, 0.6) is 0 Å². The molecule has 1 aliphatic carbocycles. The van der Waals surface area contributed by atoms with Crippen LogP contribution in [-0.4, -0.2) is 28.5 Å². The van der Waals surface area contributed by atoms with Crippen LogP contribution in [0.3, 0.4) is 0 Å². The second-order valence-corrected chi connectivity index (χ2v) is 7.87. The monoisotopic (exact) mass is 333 g/mol. The van der Waals surface area contributed by atoms with E-state index in [0.717, 1.165) is 30.0 Å². The molecule has 1 N–H and O–H groups in total. The Bertz CT molecular complexity index is 575. The minimum atomic E-state index is -0.459. The summed E-state index contributed by atoms with van der Waals surface area (Å²) in [6.07, 6.45) is 4.34. The van der Waals surface area contributed by atoms with Crippen LogP contribution in [-0.2, 0) is 4.74 Å². The number of thioether (sulfide) groups is 1. The molecule has 1 saturated carbocycles. The van der Waals surface area contributed by atoms with Gasteiger partial charge in [-0.05, 0) is 58.1 Å². The number of carbonyl (C=O) groups excluding carboxylic acids is 1. The van der Waals surface area contributed by atoms with Crippen LogP contribution in [0.25, 0.3) is 0 Å². The van der Waals surface area contributed by atoms with Crippen LogP contribution >= 0.6 is 11.8 Å². The Labute approximate surface area is 141 Å². The van der Waals surface area contributed by atoms with Gasteiger partial charge in [-0.3, -0.25) is 0 Å². The molecule has 0 aliphatic heterocycles. The lowest BCUT2D eigenvalue weighted by atomic mass is 10.1. The SMILES string of the molecule is CC(C)(C)OC(=O)N[C@H]1CC[C@@H](CSc2ccc(C#N)cn2)C1. The van der Waals surface area contributed by atoms with Crippen molar-refractivity contribution in [2.24, 2.45) is 5.92 Å². The maximum absolute atomic E-state index is 11.8. The summed E-state index contributed by atoms with van der Waals surface area (Å²) in [6.45, 7) is 5.60. The summed E-state index contributed by atoms with van der Waals surface area (Å²) < 4.78 is 5.29. The van der Waals surface area contributed by atoms with Gasteiger partial charge in [0.05, 0.1) is 10.6 Å². The molecule has 5 nitrogen and oxygen atoms in total. The number of nitrogens with zero attached hydrogens (tertiary/aromatic N) is 2. The third kappa shape index (κ3) is 6.11. The molecular weight excluding hydrogens is 310 g/mol. The van der Waals surface area contributed by atoms with Gasteiger partial charge in [-0.2, -0.15) is 5.26 Å². The second-order valence-electron chi connectivity index (χ2n) is 6.83. The number of rotatable bonds is 4. The number of hydrogen-bond acceptors (Lipinski definition) is 5. The van der Waals surface area contributed by atoms with Crippen molar-refractivity contribution in [3.05, 3.63) is 23.9 Å². The summed E-state index contributed by atoms with van der Waals surface area (Å²) in [5.74, 6) is 1.54. The highest BCUT2D eigenvalue weighted by Gasteiger charge is 2.27. The maximum atomic E-state index is 11.8. The van der Waals surface area contributed by atoms with Crippen LogP contribution in [0.1, 0.15) is 45.6 Å². The standard InChI is InChI=1S/C17H23N3O2S/c1-17(2,3)22-16(21)20-14-6-4-12(8-14)11-23-15-7-5-13(9-18)10-19-15/h5,7,10,12,14H,4,6,8,11H2,1-3H3,(H,20,21)/t12-,14+/m1/s1. The lowest BCUT2D eigenvalue weighted by Crippen LogP contribution is -2.38. The Morgan fingerprint density at radius 2 is 2.26 bits per heavy atom. The van der Waals surface area contributed by atoms with Gasteiger partial charge in [0.2, 0.25) is 0 Å².